The summed E-state index contributed by atoms with van der Waals surface area (Å²) in [6.45, 7) is 3.15. The lowest BCUT2D eigenvalue weighted by Gasteiger charge is -2.22. The molecule has 0 fully saturated rings. The van der Waals surface area contributed by atoms with Gasteiger partial charge >= 0.3 is 0 Å². The predicted molar refractivity (Wildman–Crippen MR) is 66.5 cm³/mol. The Labute approximate surface area is 114 Å². The summed E-state index contributed by atoms with van der Waals surface area (Å²) < 4.78 is 38.8. The fourth-order valence-electron chi connectivity index (χ4n) is 1.51. The zero-order valence-electron chi connectivity index (χ0n) is 11.3. The van der Waals surface area contributed by atoms with Gasteiger partial charge < -0.3 is 10.6 Å². The molecule has 0 aliphatic carbocycles. The summed E-state index contributed by atoms with van der Waals surface area (Å²) in [6.07, 6.45) is 0. The lowest BCUT2D eigenvalue weighted by molar-refractivity contribution is -0.128. The number of carbonyl (C=O) groups is 2. The van der Waals surface area contributed by atoms with Crippen molar-refractivity contribution in [3.05, 3.63) is 35.1 Å². The molecule has 0 saturated carbocycles. The van der Waals surface area contributed by atoms with E-state index in [1.165, 1.54) is 7.05 Å². The van der Waals surface area contributed by atoms with Crippen LogP contribution in [0.25, 0.3) is 0 Å². The number of carbonyl (C=O) groups excluding carboxylic acids is 2. The molecule has 4 nitrogen and oxygen atoms in total. The highest BCUT2D eigenvalue weighted by molar-refractivity contribution is 5.94. The van der Waals surface area contributed by atoms with Crippen LogP contribution >= 0.6 is 0 Å². The summed E-state index contributed by atoms with van der Waals surface area (Å²) in [5.74, 6) is -5.61. The first-order valence-electron chi connectivity index (χ1n) is 5.84. The molecule has 0 bridgehead atoms. The summed E-state index contributed by atoms with van der Waals surface area (Å²) >= 11 is 0. The van der Waals surface area contributed by atoms with E-state index in [0.29, 0.717) is 12.1 Å². The van der Waals surface area contributed by atoms with Gasteiger partial charge in [0.1, 0.15) is 0 Å². The van der Waals surface area contributed by atoms with Crippen LogP contribution in [0.5, 0.6) is 0 Å². The Bertz CT molecular complexity index is 521. The monoisotopic (exact) mass is 288 g/mol. The molecule has 0 unspecified atom stereocenters. The van der Waals surface area contributed by atoms with Crippen molar-refractivity contribution in [2.24, 2.45) is 5.41 Å². The second-order valence-corrected chi connectivity index (χ2v) is 4.90. The van der Waals surface area contributed by atoms with Gasteiger partial charge in [0.15, 0.2) is 17.5 Å². The van der Waals surface area contributed by atoms with E-state index >= 15 is 0 Å². The van der Waals surface area contributed by atoms with E-state index in [4.69, 9.17) is 0 Å². The van der Waals surface area contributed by atoms with Gasteiger partial charge in [-0.2, -0.15) is 0 Å². The number of amides is 2. The van der Waals surface area contributed by atoms with E-state index in [2.05, 4.69) is 10.6 Å². The molecule has 20 heavy (non-hydrogen) atoms. The molecule has 0 aliphatic rings. The molecule has 0 aromatic heterocycles. The third-order valence-corrected chi connectivity index (χ3v) is 2.78. The Morgan fingerprint density at radius 2 is 1.65 bits per heavy atom. The summed E-state index contributed by atoms with van der Waals surface area (Å²) in [7, 11) is 1.45. The SMILES string of the molecule is CNC(=O)C(C)(C)CNC(=O)c1cc(F)c(F)c(F)c1. The lowest BCUT2D eigenvalue weighted by Crippen LogP contribution is -2.43. The van der Waals surface area contributed by atoms with Crippen LogP contribution in [0.3, 0.4) is 0 Å². The van der Waals surface area contributed by atoms with Gasteiger partial charge in [-0.1, -0.05) is 0 Å². The molecule has 1 rings (SSSR count). The molecule has 0 saturated heterocycles. The zero-order chi connectivity index (χ0) is 15.5. The molecular weight excluding hydrogens is 273 g/mol. The minimum absolute atomic E-state index is 0.0356. The average Bonchev–Trinajstić information content (AvgIpc) is 2.40. The van der Waals surface area contributed by atoms with E-state index < -0.39 is 28.8 Å². The van der Waals surface area contributed by atoms with Crippen LogP contribution in [0.4, 0.5) is 13.2 Å². The van der Waals surface area contributed by atoms with Gasteiger partial charge in [-0.15, -0.1) is 0 Å². The highest BCUT2D eigenvalue weighted by Gasteiger charge is 2.27. The number of benzene rings is 1. The van der Waals surface area contributed by atoms with Gasteiger partial charge in [-0.25, -0.2) is 13.2 Å². The molecule has 1 aromatic rings. The minimum atomic E-state index is -1.63. The number of hydrogen-bond acceptors (Lipinski definition) is 2. The van der Waals surface area contributed by atoms with Crippen LogP contribution in [0.1, 0.15) is 24.2 Å². The summed E-state index contributed by atoms with van der Waals surface area (Å²) in [5.41, 5.74) is -1.24. The van der Waals surface area contributed by atoms with Gasteiger partial charge in [-0.3, -0.25) is 9.59 Å². The Kier molecular flexibility index (Phi) is 4.75. The quantitative estimate of drug-likeness (QED) is 0.827. The summed E-state index contributed by atoms with van der Waals surface area (Å²) in [4.78, 5) is 23.2. The largest absolute Gasteiger partial charge is 0.359 e. The molecule has 0 radical (unpaired) electrons. The summed E-state index contributed by atoms with van der Waals surface area (Å²) in [5, 5.41) is 4.81. The average molecular weight is 288 g/mol. The highest BCUT2D eigenvalue weighted by atomic mass is 19.2. The number of nitrogens with one attached hydrogen (secondary N) is 2. The Hall–Kier alpha value is -2.05. The van der Waals surface area contributed by atoms with Crippen molar-refractivity contribution in [1.82, 2.24) is 10.6 Å². The second kappa shape index (κ2) is 5.94. The van der Waals surface area contributed by atoms with Gasteiger partial charge in [0.25, 0.3) is 5.91 Å². The first-order valence-corrected chi connectivity index (χ1v) is 5.84. The molecule has 0 aliphatic heterocycles. The Morgan fingerprint density at radius 1 is 1.15 bits per heavy atom. The lowest BCUT2D eigenvalue weighted by atomic mass is 9.92. The van der Waals surface area contributed by atoms with Gasteiger partial charge in [-0.05, 0) is 26.0 Å². The molecule has 2 amide bonds. The second-order valence-electron chi connectivity index (χ2n) is 4.90. The van der Waals surface area contributed by atoms with Crippen LogP contribution in [0.2, 0.25) is 0 Å². The topological polar surface area (TPSA) is 58.2 Å². The molecule has 110 valence electrons. The first kappa shape index (κ1) is 16.0. The van der Waals surface area contributed by atoms with E-state index in [1.54, 1.807) is 13.8 Å². The predicted octanol–water partition coefficient (Wildman–Crippen LogP) is 1.61. The van der Waals surface area contributed by atoms with Gasteiger partial charge in [0.05, 0.1) is 5.41 Å². The molecule has 0 atom stereocenters. The standard InChI is InChI=1S/C13H15F3N2O2/c1-13(2,12(20)17-3)6-18-11(19)7-4-8(14)10(16)9(15)5-7/h4-5H,6H2,1-3H3,(H,17,20)(H,18,19). The highest BCUT2D eigenvalue weighted by Crippen LogP contribution is 2.16. The number of hydrogen-bond donors (Lipinski definition) is 2. The van der Waals surface area contributed by atoms with E-state index in [1.807, 2.05) is 0 Å². The van der Waals surface area contributed by atoms with Crippen LogP contribution in [0, 0.1) is 22.9 Å². The van der Waals surface area contributed by atoms with Crippen molar-refractivity contribution < 1.29 is 22.8 Å². The molecule has 0 heterocycles. The molecule has 2 N–H and O–H groups in total. The number of rotatable bonds is 4. The molecule has 7 heteroatoms. The molecular formula is C13H15F3N2O2. The maximum Gasteiger partial charge on any atom is 0.251 e. The van der Waals surface area contributed by atoms with Crippen LogP contribution in [-0.2, 0) is 4.79 Å². The zero-order valence-corrected chi connectivity index (χ0v) is 11.3. The van der Waals surface area contributed by atoms with Crippen molar-refractivity contribution in [2.45, 2.75) is 13.8 Å². The van der Waals surface area contributed by atoms with Crippen molar-refractivity contribution in [3.8, 4) is 0 Å². The van der Waals surface area contributed by atoms with E-state index in [0.717, 1.165) is 0 Å². The van der Waals surface area contributed by atoms with Crippen LogP contribution < -0.4 is 10.6 Å². The van der Waals surface area contributed by atoms with Crippen molar-refractivity contribution in [3.63, 3.8) is 0 Å². The fraction of sp³-hybridized carbons (Fsp3) is 0.385. The van der Waals surface area contributed by atoms with Gasteiger partial charge in [0.2, 0.25) is 5.91 Å². The Morgan fingerprint density at radius 3 is 2.10 bits per heavy atom. The number of halogens is 3. The fourth-order valence-corrected chi connectivity index (χ4v) is 1.51. The maximum absolute atomic E-state index is 13.0. The molecule has 1 aromatic carbocycles. The van der Waals surface area contributed by atoms with Crippen LogP contribution in [0.15, 0.2) is 12.1 Å². The summed E-state index contributed by atoms with van der Waals surface area (Å²) in [6, 6.07) is 1.20. The van der Waals surface area contributed by atoms with E-state index in [9.17, 15) is 22.8 Å². The maximum atomic E-state index is 13.0. The van der Waals surface area contributed by atoms with Crippen molar-refractivity contribution >= 4 is 11.8 Å². The Balaban J connectivity index is 2.80. The minimum Gasteiger partial charge on any atom is -0.359 e. The third-order valence-electron chi connectivity index (χ3n) is 2.78. The van der Waals surface area contributed by atoms with E-state index in [-0.39, 0.29) is 18.0 Å². The van der Waals surface area contributed by atoms with Crippen molar-refractivity contribution in [2.75, 3.05) is 13.6 Å². The normalized spacial score (nSPS) is 11.1. The van der Waals surface area contributed by atoms with Crippen LogP contribution in [-0.4, -0.2) is 25.4 Å². The first-order chi connectivity index (χ1) is 9.19. The smallest absolute Gasteiger partial charge is 0.251 e. The van der Waals surface area contributed by atoms with Gasteiger partial charge in [0, 0.05) is 19.2 Å². The third kappa shape index (κ3) is 3.49. The van der Waals surface area contributed by atoms with Crippen molar-refractivity contribution in [1.29, 1.82) is 0 Å². The molecule has 0 spiro atoms.